The van der Waals surface area contributed by atoms with Crippen molar-refractivity contribution in [3.8, 4) is 0 Å². The molecule has 1 aromatic rings. The monoisotopic (exact) mass is 275 g/mol. The molecule has 0 amide bonds. The molecular weight excluding hydrogens is 250 g/mol. The third kappa shape index (κ3) is 3.53. The van der Waals surface area contributed by atoms with Gasteiger partial charge >= 0.3 is 5.97 Å². The summed E-state index contributed by atoms with van der Waals surface area (Å²) < 4.78 is 0. The standard InChI is InChI=1S/C17H25NO2/c1-17(2,3)14-7-5-10-18(11-9-14)15-8-4-6-13(12-15)16(19)20/h4,6,8,12,14H,5,7,9-11H2,1-3H3,(H,19,20). The fraction of sp³-hybridized carbons (Fsp3) is 0.588. The van der Waals surface area contributed by atoms with Crippen LogP contribution in [0.4, 0.5) is 5.69 Å². The third-order valence-corrected chi connectivity index (χ3v) is 4.41. The molecule has 1 saturated heterocycles. The molecule has 0 radical (unpaired) electrons. The zero-order chi connectivity index (χ0) is 14.8. The van der Waals surface area contributed by atoms with E-state index < -0.39 is 5.97 Å². The molecule has 1 aromatic carbocycles. The van der Waals surface area contributed by atoms with Crippen molar-refractivity contribution in [1.29, 1.82) is 0 Å². The van der Waals surface area contributed by atoms with Crippen molar-refractivity contribution in [2.75, 3.05) is 18.0 Å². The van der Waals surface area contributed by atoms with Crippen LogP contribution in [0.15, 0.2) is 24.3 Å². The van der Waals surface area contributed by atoms with Crippen molar-refractivity contribution in [1.82, 2.24) is 0 Å². The normalized spacial score (nSPS) is 20.6. The number of carboxylic acid groups (broad SMARTS) is 1. The second-order valence-electron chi connectivity index (χ2n) is 6.84. The summed E-state index contributed by atoms with van der Waals surface area (Å²) >= 11 is 0. The van der Waals surface area contributed by atoms with E-state index >= 15 is 0 Å². The molecule has 0 saturated carbocycles. The Kier molecular flexibility index (Phi) is 4.36. The van der Waals surface area contributed by atoms with Crippen LogP contribution < -0.4 is 4.90 Å². The zero-order valence-electron chi connectivity index (χ0n) is 12.7. The van der Waals surface area contributed by atoms with Gasteiger partial charge in [0.05, 0.1) is 5.56 Å². The van der Waals surface area contributed by atoms with Crippen LogP contribution in [0.1, 0.15) is 50.4 Å². The molecule has 2 rings (SSSR count). The average Bonchev–Trinajstić information content (AvgIpc) is 2.64. The highest BCUT2D eigenvalue weighted by atomic mass is 16.4. The van der Waals surface area contributed by atoms with E-state index in [1.54, 1.807) is 12.1 Å². The van der Waals surface area contributed by atoms with Crippen LogP contribution in [0.5, 0.6) is 0 Å². The van der Waals surface area contributed by atoms with Gasteiger partial charge in [-0.3, -0.25) is 0 Å². The van der Waals surface area contributed by atoms with Gasteiger partial charge in [0.25, 0.3) is 0 Å². The van der Waals surface area contributed by atoms with Crippen molar-refractivity contribution < 1.29 is 9.90 Å². The lowest BCUT2D eigenvalue weighted by atomic mass is 9.77. The summed E-state index contributed by atoms with van der Waals surface area (Å²) in [6, 6.07) is 7.30. The maximum Gasteiger partial charge on any atom is 0.335 e. The molecule has 1 heterocycles. The summed E-state index contributed by atoms with van der Waals surface area (Å²) in [5.41, 5.74) is 1.78. The number of nitrogens with zero attached hydrogens (tertiary/aromatic N) is 1. The highest BCUT2D eigenvalue weighted by molar-refractivity contribution is 5.88. The topological polar surface area (TPSA) is 40.5 Å². The van der Waals surface area contributed by atoms with Crippen LogP contribution in [-0.4, -0.2) is 24.2 Å². The Morgan fingerprint density at radius 2 is 2.00 bits per heavy atom. The smallest absolute Gasteiger partial charge is 0.335 e. The molecule has 0 bridgehead atoms. The predicted molar refractivity (Wildman–Crippen MR) is 82.4 cm³/mol. The predicted octanol–water partition coefficient (Wildman–Crippen LogP) is 4.04. The van der Waals surface area contributed by atoms with Gasteiger partial charge in [0.1, 0.15) is 0 Å². The molecule has 110 valence electrons. The maximum absolute atomic E-state index is 11.1. The summed E-state index contributed by atoms with van der Waals surface area (Å²) in [6.45, 7) is 9.00. The minimum atomic E-state index is -0.853. The van der Waals surface area contributed by atoms with Crippen molar-refractivity contribution in [3.63, 3.8) is 0 Å². The second kappa shape index (κ2) is 5.86. The summed E-state index contributed by atoms with van der Waals surface area (Å²) in [6.07, 6.45) is 3.62. The zero-order valence-corrected chi connectivity index (χ0v) is 12.7. The first kappa shape index (κ1) is 14.9. The van der Waals surface area contributed by atoms with Crippen molar-refractivity contribution >= 4 is 11.7 Å². The summed E-state index contributed by atoms with van der Waals surface area (Å²) in [4.78, 5) is 13.4. The number of hydrogen-bond donors (Lipinski definition) is 1. The van der Waals surface area contributed by atoms with Crippen LogP contribution in [0.25, 0.3) is 0 Å². The molecule has 0 aliphatic carbocycles. The van der Waals surface area contributed by atoms with E-state index in [9.17, 15) is 4.79 Å². The molecule has 1 fully saturated rings. The first-order valence-corrected chi connectivity index (χ1v) is 7.46. The van der Waals surface area contributed by atoms with Crippen LogP contribution >= 0.6 is 0 Å². The summed E-state index contributed by atoms with van der Waals surface area (Å²) in [7, 11) is 0. The third-order valence-electron chi connectivity index (χ3n) is 4.41. The number of carboxylic acids is 1. The Hall–Kier alpha value is -1.51. The van der Waals surface area contributed by atoms with Crippen molar-refractivity contribution in [2.45, 2.75) is 40.0 Å². The number of rotatable bonds is 2. The fourth-order valence-electron chi connectivity index (χ4n) is 3.06. The maximum atomic E-state index is 11.1. The molecule has 0 spiro atoms. The number of aromatic carboxylic acids is 1. The van der Waals surface area contributed by atoms with Gasteiger partial charge in [-0.15, -0.1) is 0 Å². The van der Waals surface area contributed by atoms with E-state index in [-0.39, 0.29) is 0 Å². The number of carbonyl (C=O) groups is 1. The van der Waals surface area contributed by atoms with E-state index in [1.165, 1.54) is 19.3 Å². The molecule has 1 unspecified atom stereocenters. The van der Waals surface area contributed by atoms with Gasteiger partial charge in [0.15, 0.2) is 0 Å². The van der Waals surface area contributed by atoms with E-state index in [4.69, 9.17) is 5.11 Å². The second-order valence-corrected chi connectivity index (χ2v) is 6.84. The quantitative estimate of drug-likeness (QED) is 0.885. The molecule has 3 nitrogen and oxygen atoms in total. The van der Waals surface area contributed by atoms with Gasteiger partial charge in [-0.25, -0.2) is 4.79 Å². The Morgan fingerprint density at radius 1 is 1.25 bits per heavy atom. The van der Waals surface area contributed by atoms with E-state index in [1.807, 2.05) is 12.1 Å². The van der Waals surface area contributed by atoms with Crippen molar-refractivity contribution in [3.05, 3.63) is 29.8 Å². The van der Waals surface area contributed by atoms with Gasteiger partial charge in [-0.1, -0.05) is 26.8 Å². The number of benzene rings is 1. The van der Waals surface area contributed by atoms with Crippen LogP contribution in [0.2, 0.25) is 0 Å². The fourth-order valence-corrected chi connectivity index (χ4v) is 3.06. The van der Waals surface area contributed by atoms with Gasteiger partial charge in [0.2, 0.25) is 0 Å². The highest BCUT2D eigenvalue weighted by Crippen LogP contribution is 2.35. The van der Waals surface area contributed by atoms with Gasteiger partial charge < -0.3 is 10.0 Å². The Labute approximate surface area is 121 Å². The van der Waals surface area contributed by atoms with Crippen molar-refractivity contribution in [2.24, 2.45) is 11.3 Å². The van der Waals surface area contributed by atoms with Gasteiger partial charge in [-0.2, -0.15) is 0 Å². The van der Waals surface area contributed by atoms with Crippen LogP contribution in [0, 0.1) is 11.3 Å². The van der Waals surface area contributed by atoms with Crippen LogP contribution in [-0.2, 0) is 0 Å². The van der Waals surface area contributed by atoms with E-state index in [0.29, 0.717) is 11.0 Å². The Balaban J connectivity index is 2.11. The Morgan fingerprint density at radius 3 is 2.65 bits per heavy atom. The lowest BCUT2D eigenvalue weighted by Crippen LogP contribution is -2.26. The largest absolute Gasteiger partial charge is 0.478 e. The van der Waals surface area contributed by atoms with E-state index in [2.05, 4.69) is 25.7 Å². The molecular formula is C17H25NO2. The molecule has 20 heavy (non-hydrogen) atoms. The first-order valence-electron chi connectivity index (χ1n) is 7.46. The van der Waals surface area contributed by atoms with Gasteiger partial charge in [0, 0.05) is 18.8 Å². The minimum Gasteiger partial charge on any atom is -0.478 e. The minimum absolute atomic E-state index is 0.360. The molecule has 1 atom stereocenters. The summed E-state index contributed by atoms with van der Waals surface area (Å²) in [5.74, 6) is -0.107. The molecule has 1 N–H and O–H groups in total. The number of hydrogen-bond acceptors (Lipinski definition) is 2. The van der Waals surface area contributed by atoms with Crippen LogP contribution in [0.3, 0.4) is 0 Å². The van der Waals surface area contributed by atoms with Gasteiger partial charge in [-0.05, 0) is 48.8 Å². The first-order chi connectivity index (χ1) is 9.38. The molecule has 0 aromatic heterocycles. The Bertz CT molecular complexity index is 476. The SMILES string of the molecule is CC(C)(C)C1CCCN(c2cccc(C(=O)O)c2)CC1. The lowest BCUT2D eigenvalue weighted by molar-refractivity contribution is 0.0697. The highest BCUT2D eigenvalue weighted by Gasteiger charge is 2.27. The molecule has 1 aliphatic rings. The lowest BCUT2D eigenvalue weighted by Gasteiger charge is -2.30. The average molecular weight is 275 g/mol. The molecule has 1 aliphatic heterocycles. The van der Waals surface area contributed by atoms with E-state index in [0.717, 1.165) is 24.7 Å². The number of anilines is 1. The summed E-state index contributed by atoms with van der Waals surface area (Å²) in [5, 5.41) is 9.09. The molecule has 3 heteroatoms.